The van der Waals surface area contributed by atoms with Gasteiger partial charge in [0.15, 0.2) is 5.71 Å². The Balaban J connectivity index is 3.82. The van der Waals surface area contributed by atoms with Crippen molar-refractivity contribution < 1.29 is 19.7 Å². The van der Waals surface area contributed by atoms with E-state index in [0.29, 0.717) is 12.8 Å². The number of carbonyl (C=O) groups is 1. The highest BCUT2D eigenvalue weighted by atomic mass is 16.6. The van der Waals surface area contributed by atoms with Crippen molar-refractivity contribution in [3.63, 3.8) is 0 Å². The first-order valence-corrected chi connectivity index (χ1v) is 4.61. The van der Waals surface area contributed by atoms with Gasteiger partial charge in [0.1, 0.15) is 0 Å². The normalized spacial score (nSPS) is 11.1. The van der Waals surface area contributed by atoms with Crippen molar-refractivity contribution in [2.24, 2.45) is 5.16 Å². The molecule has 0 amide bonds. The van der Waals surface area contributed by atoms with Gasteiger partial charge >= 0.3 is 5.97 Å². The van der Waals surface area contributed by atoms with E-state index in [2.05, 4.69) is 9.89 Å². The number of hydrogen-bond acceptors (Lipinski definition) is 6. The molecule has 0 aromatic rings. The van der Waals surface area contributed by atoms with Crippen molar-refractivity contribution in [2.45, 2.75) is 26.2 Å². The van der Waals surface area contributed by atoms with Crippen LogP contribution in [0.1, 0.15) is 26.2 Å². The second-order valence-corrected chi connectivity index (χ2v) is 2.78. The van der Waals surface area contributed by atoms with E-state index < -0.39 is 10.9 Å². The zero-order valence-electron chi connectivity index (χ0n) is 8.51. The number of oxime groups is 1. The van der Waals surface area contributed by atoms with Gasteiger partial charge in [-0.25, -0.2) is 4.79 Å². The van der Waals surface area contributed by atoms with E-state index in [0.717, 1.165) is 0 Å². The topological polar surface area (TPSA) is 102 Å². The van der Waals surface area contributed by atoms with E-state index in [1.807, 2.05) is 0 Å². The Morgan fingerprint density at radius 3 is 2.67 bits per heavy atom. The van der Waals surface area contributed by atoms with Crippen molar-refractivity contribution in [1.29, 1.82) is 0 Å². The molecule has 0 aromatic carbocycles. The van der Waals surface area contributed by atoms with Crippen LogP contribution in [0.5, 0.6) is 0 Å². The van der Waals surface area contributed by atoms with Crippen LogP contribution in [0.2, 0.25) is 0 Å². The molecule has 0 rings (SSSR count). The molecule has 0 saturated carbocycles. The molecular weight excluding hydrogens is 204 g/mol. The SMILES string of the molecule is CCOC(=O)/C(CCCC[N+](=O)[O-])=N\O. The monoisotopic (exact) mass is 218 g/mol. The van der Waals surface area contributed by atoms with Crippen molar-refractivity contribution >= 4 is 11.7 Å². The molecule has 86 valence electrons. The lowest BCUT2D eigenvalue weighted by molar-refractivity contribution is -0.480. The van der Waals surface area contributed by atoms with Gasteiger partial charge in [-0.1, -0.05) is 5.16 Å². The molecule has 0 aliphatic heterocycles. The predicted octanol–water partition coefficient (Wildman–Crippen LogP) is 0.827. The summed E-state index contributed by atoms with van der Waals surface area (Å²) in [7, 11) is 0. The Morgan fingerprint density at radius 2 is 2.20 bits per heavy atom. The van der Waals surface area contributed by atoms with Crippen LogP contribution in [-0.4, -0.2) is 35.0 Å². The first kappa shape index (κ1) is 13.3. The van der Waals surface area contributed by atoms with Crippen LogP contribution in [0.3, 0.4) is 0 Å². The third kappa shape index (κ3) is 6.42. The third-order valence-electron chi connectivity index (χ3n) is 1.64. The van der Waals surface area contributed by atoms with E-state index in [9.17, 15) is 14.9 Å². The predicted molar refractivity (Wildman–Crippen MR) is 51.6 cm³/mol. The highest BCUT2D eigenvalue weighted by molar-refractivity contribution is 6.36. The summed E-state index contributed by atoms with van der Waals surface area (Å²) in [4.78, 5) is 20.6. The van der Waals surface area contributed by atoms with Gasteiger partial charge in [-0.3, -0.25) is 10.1 Å². The molecule has 7 heteroatoms. The van der Waals surface area contributed by atoms with Gasteiger partial charge in [0.2, 0.25) is 6.54 Å². The Labute approximate surface area is 86.9 Å². The maximum Gasteiger partial charge on any atom is 0.356 e. The van der Waals surface area contributed by atoms with Crippen LogP contribution in [-0.2, 0) is 9.53 Å². The molecule has 0 radical (unpaired) electrons. The zero-order chi connectivity index (χ0) is 11.7. The minimum atomic E-state index is -0.680. The lowest BCUT2D eigenvalue weighted by atomic mass is 10.1. The zero-order valence-corrected chi connectivity index (χ0v) is 8.51. The van der Waals surface area contributed by atoms with Gasteiger partial charge in [0.25, 0.3) is 0 Å². The number of unbranched alkanes of at least 4 members (excludes halogenated alkanes) is 1. The molecule has 7 nitrogen and oxygen atoms in total. The number of ether oxygens (including phenoxy) is 1. The molecule has 0 heterocycles. The maximum absolute atomic E-state index is 11.1. The fourth-order valence-corrected chi connectivity index (χ4v) is 0.941. The molecule has 1 N–H and O–H groups in total. The minimum Gasteiger partial charge on any atom is -0.461 e. The van der Waals surface area contributed by atoms with Crippen LogP contribution in [0, 0.1) is 10.1 Å². The van der Waals surface area contributed by atoms with E-state index in [1.54, 1.807) is 6.92 Å². The summed E-state index contributed by atoms with van der Waals surface area (Å²) in [5.41, 5.74) is -0.0970. The van der Waals surface area contributed by atoms with Gasteiger partial charge in [-0.15, -0.1) is 0 Å². The molecule has 15 heavy (non-hydrogen) atoms. The molecule has 0 aromatic heterocycles. The summed E-state index contributed by atoms with van der Waals surface area (Å²) in [6, 6.07) is 0. The molecule has 0 spiro atoms. The lowest BCUT2D eigenvalue weighted by Crippen LogP contribution is -2.17. The van der Waals surface area contributed by atoms with Crippen molar-refractivity contribution in [3.05, 3.63) is 10.1 Å². The summed E-state index contributed by atoms with van der Waals surface area (Å²) in [5.74, 6) is -0.680. The van der Waals surface area contributed by atoms with Crippen LogP contribution >= 0.6 is 0 Å². The van der Waals surface area contributed by atoms with Gasteiger partial charge < -0.3 is 9.94 Å². The highest BCUT2D eigenvalue weighted by Gasteiger charge is 2.13. The van der Waals surface area contributed by atoms with Crippen LogP contribution in [0.15, 0.2) is 5.16 Å². The molecule has 0 bridgehead atoms. The quantitative estimate of drug-likeness (QED) is 0.170. The van der Waals surface area contributed by atoms with E-state index in [4.69, 9.17) is 5.21 Å². The largest absolute Gasteiger partial charge is 0.461 e. The second kappa shape index (κ2) is 7.72. The fraction of sp³-hybridized carbons (Fsp3) is 0.750. The lowest BCUT2D eigenvalue weighted by Gasteiger charge is -2.02. The molecule has 0 unspecified atom stereocenters. The van der Waals surface area contributed by atoms with E-state index >= 15 is 0 Å². The molecule has 0 fully saturated rings. The summed E-state index contributed by atoms with van der Waals surface area (Å²) in [5, 5.41) is 21.3. The Hall–Kier alpha value is -1.66. The van der Waals surface area contributed by atoms with Crippen molar-refractivity contribution in [2.75, 3.05) is 13.2 Å². The summed E-state index contributed by atoms with van der Waals surface area (Å²) < 4.78 is 4.61. The average molecular weight is 218 g/mol. The number of hydrogen-bond donors (Lipinski definition) is 1. The molecule has 0 saturated heterocycles. The standard InChI is InChI=1S/C8H14N2O5/c1-2-15-8(11)7(9-12)5-3-4-6-10(13)14/h12H,2-6H2,1H3/b9-7-. The molecule has 0 atom stereocenters. The van der Waals surface area contributed by atoms with Gasteiger partial charge in [0.05, 0.1) is 6.61 Å². The minimum absolute atomic E-state index is 0.0970. The smallest absolute Gasteiger partial charge is 0.356 e. The van der Waals surface area contributed by atoms with Crippen LogP contribution in [0.4, 0.5) is 0 Å². The Morgan fingerprint density at radius 1 is 1.53 bits per heavy atom. The summed E-state index contributed by atoms with van der Waals surface area (Å²) in [6.07, 6.45) is 0.938. The van der Waals surface area contributed by atoms with Gasteiger partial charge in [-0.05, 0) is 13.3 Å². The fourth-order valence-electron chi connectivity index (χ4n) is 0.941. The van der Waals surface area contributed by atoms with Crippen molar-refractivity contribution in [3.8, 4) is 0 Å². The van der Waals surface area contributed by atoms with Gasteiger partial charge in [-0.2, -0.15) is 0 Å². The maximum atomic E-state index is 11.1. The number of esters is 1. The van der Waals surface area contributed by atoms with Crippen LogP contribution in [0.25, 0.3) is 0 Å². The van der Waals surface area contributed by atoms with Gasteiger partial charge in [0, 0.05) is 17.8 Å². The average Bonchev–Trinajstić information content (AvgIpc) is 2.17. The van der Waals surface area contributed by atoms with Crippen molar-refractivity contribution in [1.82, 2.24) is 0 Å². The first-order valence-electron chi connectivity index (χ1n) is 4.61. The van der Waals surface area contributed by atoms with Crippen LogP contribution < -0.4 is 0 Å². The number of rotatable bonds is 7. The van der Waals surface area contributed by atoms with E-state index in [-0.39, 0.29) is 25.3 Å². The highest BCUT2D eigenvalue weighted by Crippen LogP contribution is 2.00. The number of carbonyl (C=O) groups excluding carboxylic acids is 1. The third-order valence-corrected chi connectivity index (χ3v) is 1.64. The Bertz CT molecular complexity index is 251. The first-order chi connectivity index (χ1) is 7.11. The number of nitrogens with zero attached hydrogens (tertiary/aromatic N) is 2. The molecule has 0 aliphatic carbocycles. The summed E-state index contributed by atoms with van der Waals surface area (Å²) >= 11 is 0. The van der Waals surface area contributed by atoms with E-state index in [1.165, 1.54) is 0 Å². The molecule has 0 aliphatic rings. The molecular formula is C8H14N2O5. The second-order valence-electron chi connectivity index (χ2n) is 2.78. The Kier molecular flexibility index (Phi) is 6.86. The summed E-state index contributed by atoms with van der Waals surface area (Å²) in [6.45, 7) is 1.69. The number of nitro groups is 1.